The lowest BCUT2D eigenvalue weighted by molar-refractivity contribution is -0.135. The number of aryl methyl sites for hydroxylation is 2. The number of benzene rings is 3. The van der Waals surface area contributed by atoms with Crippen molar-refractivity contribution in [3.63, 3.8) is 0 Å². The number of carbonyl (C=O) groups is 3. The summed E-state index contributed by atoms with van der Waals surface area (Å²) in [4.78, 5) is 49.8. The van der Waals surface area contributed by atoms with Crippen LogP contribution in [-0.4, -0.2) is 98.1 Å². The molecule has 1 saturated heterocycles. The average Bonchev–Trinajstić information content (AvgIpc) is 3.85. The third kappa shape index (κ3) is 10.0. The second-order valence-electron chi connectivity index (χ2n) is 14.8. The van der Waals surface area contributed by atoms with Gasteiger partial charge in [0.15, 0.2) is 5.82 Å². The van der Waals surface area contributed by atoms with E-state index in [1.807, 2.05) is 54.2 Å². The third-order valence-electron chi connectivity index (χ3n) is 10.7. The number of rotatable bonds is 19. The number of aromatic hydroxyl groups is 1. The first-order valence-corrected chi connectivity index (χ1v) is 20.2. The quantitative estimate of drug-likeness (QED) is 0.0674. The number of imide groups is 1. The molecule has 6 aromatic rings. The average molecular weight is 832 g/mol. The van der Waals surface area contributed by atoms with E-state index in [1.54, 1.807) is 49.6 Å². The van der Waals surface area contributed by atoms with Crippen LogP contribution in [0.3, 0.4) is 0 Å². The van der Waals surface area contributed by atoms with Crippen LogP contribution < -0.4 is 22.1 Å². The van der Waals surface area contributed by atoms with Gasteiger partial charge in [0, 0.05) is 55.1 Å². The molecule has 4 heterocycles. The molecule has 3 aromatic carbocycles. The first-order chi connectivity index (χ1) is 29.6. The summed E-state index contributed by atoms with van der Waals surface area (Å²) in [5.74, 6) is -0.620. The minimum Gasteiger partial charge on any atom is -0.507 e. The Labute approximate surface area is 351 Å². The SMILES string of the molecule is CC(c1ccc(C(=O)NCCOCCOCCOCCCc2ccc3c(c2)n(C)c(=O)n3C2CCC(=O)NC2=O)cc1)n1cc(-c2cc(-c3ccccc3O)nnc2N)cn1. The number of phenolic OH excluding ortho intramolecular Hbond substituents is 1. The number of anilines is 1. The molecular formula is C44H49N9O8. The lowest BCUT2D eigenvalue weighted by atomic mass is 10.1. The number of nitrogen functional groups attached to an aromatic ring is 1. The molecule has 3 amide bonds. The van der Waals surface area contributed by atoms with E-state index in [4.69, 9.17) is 19.9 Å². The number of imidazole rings is 1. The number of ether oxygens (including phenoxy) is 3. The van der Waals surface area contributed by atoms with Gasteiger partial charge in [-0.25, -0.2) is 4.79 Å². The van der Waals surface area contributed by atoms with E-state index in [-0.39, 0.29) is 41.5 Å². The van der Waals surface area contributed by atoms with Gasteiger partial charge in [-0.15, -0.1) is 10.2 Å². The third-order valence-corrected chi connectivity index (χ3v) is 10.7. The largest absolute Gasteiger partial charge is 0.507 e. The van der Waals surface area contributed by atoms with Crippen molar-refractivity contribution in [2.24, 2.45) is 7.05 Å². The number of fused-ring (bicyclic) bond motifs is 1. The molecule has 7 rings (SSSR count). The number of hydrogen-bond donors (Lipinski definition) is 4. The van der Waals surface area contributed by atoms with Crippen molar-refractivity contribution in [2.75, 3.05) is 51.9 Å². The van der Waals surface area contributed by atoms with Crippen LogP contribution in [0.5, 0.6) is 5.75 Å². The standard InChI is InChI=1S/C44H49N9O8/c1-28(52-27-32(26-47-52)34-25-35(49-50-41(34)45)33-7-3-4-8-39(33)54)30-10-12-31(13-11-30)42(56)46-17-19-60-21-23-61-22-20-59-18-5-6-29-9-14-36-38(24-29)51(2)44(58)53(36)37-15-16-40(55)48-43(37)57/h3-4,7-14,24-28,37,54H,5-6,15-23H2,1-2H3,(H2,45,50)(H,46,56)(H,48,55,57). The highest BCUT2D eigenvalue weighted by molar-refractivity contribution is 6.00. The second-order valence-corrected chi connectivity index (χ2v) is 14.8. The number of hydrogen-bond acceptors (Lipinski definition) is 12. The molecule has 17 heteroatoms. The van der Waals surface area contributed by atoms with Gasteiger partial charge >= 0.3 is 5.69 Å². The highest BCUT2D eigenvalue weighted by atomic mass is 16.5. The molecule has 1 aliphatic heterocycles. The van der Waals surface area contributed by atoms with Gasteiger partial charge in [-0.2, -0.15) is 5.10 Å². The van der Waals surface area contributed by atoms with Gasteiger partial charge in [-0.1, -0.05) is 30.3 Å². The summed E-state index contributed by atoms with van der Waals surface area (Å²) in [6, 6.07) is 21.0. The molecule has 17 nitrogen and oxygen atoms in total. The number of aromatic nitrogens is 6. The van der Waals surface area contributed by atoms with Crippen molar-refractivity contribution in [2.45, 2.75) is 44.7 Å². The molecule has 1 fully saturated rings. The van der Waals surface area contributed by atoms with Crippen LogP contribution in [0, 0.1) is 0 Å². The fraction of sp³-hybridized carbons (Fsp3) is 0.341. The summed E-state index contributed by atoms with van der Waals surface area (Å²) in [6.07, 6.45) is 5.62. The van der Waals surface area contributed by atoms with E-state index in [9.17, 15) is 24.3 Å². The monoisotopic (exact) mass is 831 g/mol. The number of para-hydroxylation sites is 1. The second kappa shape index (κ2) is 19.6. The number of nitrogens with zero attached hydrogens (tertiary/aromatic N) is 6. The first kappa shape index (κ1) is 42.4. The zero-order valence-corrected chi connectivity index (χ0v) is 34.1. The van der Waals surface area contributed by atoms with Gasteiger partial charge < -0.3 is 30.4 Å². The van der Waals surface area contributed by atoms with Crippen LogP contribution >= 0.6 is 0 Å². The Bertz CT molecular complexity index is 2560. The Kier molecular flexibility index (Phi) is 13.6. The van der Waals surface area contributed by atoms with Crippen molar-refractivity contribution in [3.8, 4) is 28.1 Å². The van der Waals surface area contributed by atoms with E-state index in [1.165, 1.54) is 9.13 Å². The fourth-order valence-corrected chi connectivity index (χ4v) is 7.26. The highest BCUT2D eigenvalue weighted by Crippen LogP contribution is 2.33. The minimum absolute atomic E-state index is 0.0987. The molecule has 0 saturated carbocycles. The number of piperidine rings is 1. The maximum atomic E-state index is 13.0. The zero-order chi connectivity index (χ0) is 42.9. The summed E-state index contributed by atoms with van der Waals surface area (Å²) < 4.78 is 21.8. The van der Waals surface area contributed by atoms with Gasteiger partial charge in [0.05, 0.1) is 62.0 Å². The molecule has 0 bridgehead atoms. The summed E-state index contributed by atoms with van der Waals surface area (Å²) in [6.45, 7) is 4.91. The molecule has 0 aliphatic carbocycles. The van der Waals surface area contributed by atoms with Crippen LogP contribution in [0.1, 0.15) is 59.8 Å². The Morgan fingerprint density at radius 1 is 0.918 bits per heavy atom. The predicted molar refractivity (Wildman–Crippen MR) is 227 cm³/mol. The maximum Gasteiger partial charge on any atom is 0.329 e. The molecule has 0 radical (unpaired) electrons. The van der Waals surface area contributed by atoms with Crippen LogP contribution in [0.4, 0.5) is 5.82 Å². The molecule has 318 valence electrons. The number of amides is 3. The summed E-state index contributed by atoms with van der Waals surface area (Å²) in [7, 11) is 1.68. The van der Waals surface area contributed by atoms with Gasteiger partial charge in [0.2, 0.25) is 11.8 Å². The molecule has 1 aliphatic rings. The van der Waals surface area contributed by atoms with E-state index >= 15 is 0 Å². The Balaban J connectivity index is 0.753. The minimum atomic E-state index is -0.706. The number of carbonyl (C=O) groups excluding carboxylic acids is 3. The number of nitrogens with one attached hydrogen (secondary N) is 2. The highest BCUT2D eigenvalue weighted by Gasteiger charge is 2.31. The van der Waals surface area contributed by atoms with Crippen molar-refractivity contribution < 1.29 is 33.7 Å². The van der Waals surface area contributed by atoms with E-state index in [0.29, 0.717) is 80.5 Å². The lowest BCUT2D eigenvalue weighted by Gasteiger charge is -2.21. The normalized spacial score (nSPS) is 14.6. The molecule has 2 atom stereocenters. The van der Waals surface area contributed by atoms with Gasteiger partial charge in [0.1, 0.15) is 11.8 Å². The van der Waals surface area contributed by atoms with Crippen molar-refractivity contribution >= 4 is 34.6 Å². The molecule has 3 aromatic heterocycles. The summed E-state index contributed by atoms with van der Waals surface area (Å²) in [5.41, 5.74) is 12.3. The van der Waals surface area contributed by atoms with Crippen LogP contribution in [0.15, 0.2) is 90.0 Å². The molecular weight excluding hydrogens is 783 g/mol. The van der Waals surface area contributed by atoms with Crippen LogP contribution in [0.2, 0.25) is 0 Å². The Hall–Kier alpha value is -6.69. The smallest absolute Gasteiger partial charge is 0.329 e. The maximum absolute atomic E-state index is 13.0. The predicted octanol–water partition coefficient (Wildman–Crippen LogP) is 3.95. The fourth-order valence-electron chi connectivity index (χ4n) is 7.26. The molecule has 0 spiro atoms. The molecule has 2 unspecified atom stereocenters. The van der Waals surface area contributed by atoms with Gasteiger partial charge in [-0.05, 0) is 79.8 Å². The van der Waals surface area contributed by atoms with Gasteiger partial charge in [-0.3, -0.25) is 33.5 Å². The van der Waals surface area contributed by atoms with Crippen LogP contribution in [-0.2, 0) is 37.3 Å². The number of nitrogens with two attached hydrogens (primary N) is 1. The first-order valence-electron chi connectivity index (χ1n) is 20.2. The van der Waals surface area contributed by atoms with Crippen LogP contribution in [0.25, 0.3) is 33.4 Å². The summed E-state index contributed by atoms with van der Waals surface area (Å²) >= 11 is 0. The number of phenols is 1. The summed E-state index contributed by atoms with van der Waals surface area (Å²) in [5, 5.41) is 28.3. The van der Waals surface area contributed by atoms with Gasteiger partial charge in [0.25, 0.3) is 5.91 Å². The van der Waals surface area contributed by atoms with E-state index in [2.05, 4.69) is 25.9 Å². The Morgan fingerprint density at radius 3 is 2.41 bits per heavy atom. The zero-order valence-electron chi connectivity index (χ0n) is 34.1. The lowest BCUT2D eigenvalue weighted by Crippen LogP contribution is -2.44. The van der Waals surface area contributed by atoms with Crippen molar-refractivity contribution in [1.82, 2.24) is 39.7 Å². The molecule has 61 heavy (non-hydrogen) atoms. The van der Waals surface area contributed by atoms with E-state index < -0.39 is 11.9 Å². The van der Waals surface area contributed by atoms with Crippen molar-refractivity contribution in [1.29, 1.82) is 0 Å². The van der Waals surface area contributed by atoms with Crippen molar-refractivity contribution in [3.05, 3.63) is 112 Å². The molecule has 5 N–H and O–H groups in total. The Morgan fingerprint density at radius 2 is 1.66 bits per heavy atom. The topological polar surface area (TPSA) is 220 Å². The van der Waals surface area contributed by atoms with E-state index in [0.717, 1.165) is 35.0 Å².